The van der Waals surface area contributed by atoms with Gasteiger partial charge in [0.05, 0.1) is 17.7 Å². The van der Waals surface area contributed by atoms with Gasteiger partial charge in [0.25, 0.3) is 9.70 Å². The van der Waals surface area contributed by atoms with Crippen LogP contribution < -0.4 is 10.6 Å². The topological polar surface area (TPSA) is 67.4 Å². The molecule has 1 saturated heterocycles. The Hall–Kier alpha value is -0.490. The van der Waals surface area contributed by atoms with E-state index in [2.05, 4.69) is 17.2 Å². The van der Waals surface area contributed by atoms with Gasteiger partial charge in [0, 0.05) is 19.4 Å². The highest BCUT2D eigenvalue weighted by Crippen LogP contribution is 2.33. The molecule has 1 heterocycles. The number of nitrogens with one attached hydrogen (secondary N) is 2. The normalized spacial score (nSPS) is 25.4. The molecular formula is C15H23Cl3N2O3. The van der Waals surface area contributed by atoms with Gasteiger partial charge in [-0.05, 0) is 13.3 Å². The van der Waals surface area contributed by atoms with E-state index in [0.717, 1.165) is 6.42 Å². The highest BCUT2D eigenvalue weighted by Gasteiger charge is 2.47. The van der Waals surface area contributed by atoms with Gasteiger partial charge in [-0.2, -0.15) is 0 Å². The summed E-state index contributed by atoms with van der Waals surface area (Å²) in [6.45, 7) is 7.64. The zero-order valence-corrected chi connectivity index (χ0v) is 15.8. The molecule has 0 aromatic carbocycles. The van der Waals surface area contributed by atoms with Crippen LogP contribution in [0.4, 0.5) is 0 Å². The molecule has 0 aliphatic carbocycles. The summed E-state index contributed by atoms with van der Waals surface area (Å²) in [5.74, 6) is -1.01. The van der Waals surface area contributed by atoms with Crippen molar-refractivity contribution in [2.45, 2.75) is 54.6 Å². The number of amides is 2. The first-order chi connectivity index (χ1) is 10.6. The van der Waals surface area contributed by atoms with E-state index < -0.39 is 21.3 Å². The highest BCUT2D eigenvalue weighted by atomic mass is 35.6. The lowest BCUT2D eigenvalue weighted by atomic mass is 9.81. The molecule has 1 aliphatic heterocycles. The van der Waals surface area contributed by atoms with Crippen molar-refractivity contribution in [1.29, 1.82) is 0 Å². The molecule has 0 saturated carbocycles. The fourth-order valence-corrected chi connectivity index (χ4v) is 3.14. The van der Waals surface area contributed by atoms with Crippen molar-refractivity contribution < 1.29 is 14.3 Å². The number of methoxy groups -OCH3 is 1. The smallest absolute Gasteiger partial charge is 0.272 e. The Kier molecular flexibility index (Phi) is 7.20. The van der Waals surface area contributed by atoms with E-state index in [1.165, 1.54) is 0 Å². The second kappa shape index (κ2) is 8.06. The van der Waals surface area contributed by atoms with Gasteiger partial charge >= 0.3 is 0 Å². The van der Waals surface area contributed by atoms with E-state index in [1.807, 2.05) is 13.8 Å². The number of carbonyl (C=O) groups is 2. The van der Waals surface area contributed by atoms with Crippen LogP contribution in [-0.2, 0) is 14.3 Å². The van der Waals surface area contributed by atoms with Crippen LogP contribution in [0.1, 0.15) is 33.1 Å². The minimum atomic E-state index is -2.09. The van der Waals surface area contributed by atoms with Crippen LogP contribution in [0.25, 0.3) is 0 Å². The summed E-state index contributed by atoms with van der Waals surface area (Å²) in [6, 6.07) is -0.946. The van der Waals surface area contributed by atoms with Crippen LogP contribution in [0.3, 0.4) is 0 Å². The van der Waals surface area contributed by atoms with Crippen molar-refractivity contribution >= 4 is 46.6 Å². The number of halogens is 3. The fraction of sp³-hybridized carbons (Fsp3) is 0.733. The molecule has 0 aromatic heterocycles. The van der Waals surface area contributed by atoms with Crippen molar-refractivity contribution in [2.24, 2.45) is 5.92 Å². The lowest BCUT2D eigenvalue weighted by Crippen LogP contribution is -2.63. The SMILES string of the molecule is C=C[C@H]1CC(=O)N[C@H]1[C@@H](NC(=O)C(Cl)(Cl)Cl)[C@](C)(CCC)OC. The van der Waals surface area contributed by atoms with E-state index >= 15 is 0 Å². The van der Waals surface area contributed by atoms with Crippen molar-refractivity contribution in [1.82, 2.24) is 10.6 Å². The molecule has 5 nitrogen and oxygen atoms in total. The Bertz CT molecular complexity index is 467. The molecule has 0 aromatic rings. The molecule has 1 rings (SSSR count). The average Bonchev–Trinajstić information content (AvgIpc) is 2.84. The number of hydrogen-bond donors (Lipinski definition) is 2. The van der Waals surface area contributed by atoms with E-state index in [-0.39, 0.29) is 17.9 Å². The summed E-state index contributed by atoms with van der Waals surface area (Å²) in [6.07, 6.45) is 3.48. The van der Waals surface area contributed by atoms with Crippen molar-refractivity contribution in [3.8, 4) is 0 Å². The van der Waals surface area contributed by atoms with Gasteiger partial charge in [0.1, 0.15) is 0 Å². The lowest BCUT2D eigenvalue weighted by molar-refractivity contribution is -0.126. The van der Waals surface area contributed by atoms with E-state index in [4.69, 9.17) is 39.5 Å². The largest absolute Gasteiger partial charge is 0.376 e. The minimum Gasteiger partial charge on any atom is -0.376 e. The van der Waals surface area contributed by atoms with Gasteiger partial charge in [-0.25, -0.2) is 0 Å². The van der Waals surface area contributed by atoms with Gasteiger partial charge in [-0.1, -0.05) is 54.2 Å². The van der Waals surface area contributed by atoms with Crippen molar-refractivity contribution in [3.05, 3.63) is 12.7 Å². The molecule has 132 valence electrons. The summed E-state index contributed by atoms with van der Waals surface area (Å²) >= 11 is 17.0. The van der Waals surface area contributed by atoms with Gasteiger partial charge < -0.3 is 15.4 Å². The Labute approximate surface area is 152 Å². The first-order valence-electron chi connectivity index (χ1n) is 7.43. The lowest BCUT2D eigenvalue weighted by Gasteiger charge is -2.42. The number of rotatable bonds is 7. The van der Waals surface area contributed by atoms with E-state index in [9.17, 15) is 9.59 Å². The molecule has 8 heteroatoms. The predicted molar refractivity (Wildman–Crippen MR) is 92.8 cm³/mol. The summed E-state index contributed by atoms with van der Waals surface area (Å²) in [5.41, 5.74) is -0.732. The minimum absolute atomic E-state index is 0.108. The number of hydrogen-bond acceptors (Lipinski definition) is 3. The van der Waals surface area contributed by atoms with Crippen molar-refractivity contribution in [2.75, 3.05) is 7.11 Å². The summed E-state index contributed by atoms with van der Waals surface area (Å²) in [7, 11) is 1.56. The van der Waals surface area contributed by atoms with Gasteiger partial charge in [0.15, 0.2) is 0 Å². The summed E-state index contributed by atoms with van der Waals surface area (Å²) in [5, 5.41) is 5.61. The Morgan fingerprint density at radius 3 is 2.61 bits per heavy atom. The van der Waals surface area contributed by atoms with Gasteiger partial charge in [-0.3, -0.25) is 9.59 Å². The molecule has 1 fully saturated rings. The third kappa shape index (κ3) is 4.99. The number of ether oxygens (including phenoxy) is 1. The summed E-state index contributed by atoms with van der Waals surface area (Å²) < 4.78 is 3.57. The van der Waals surface area contributed by atoms with Crippen LogP contribution >= 0.6 is 34.8 Å². The molecule has 0 radical (unpaired) electrons. The average molecular weight is 386 g/mol. The third-order valence-electron chi connectivity index (χ3n) is 4.29. The van der Waals surface area contributed by atoms with Crippen LogP contribution in [0, 0.1) is 5.92 Å². The van der Waals surface area contributed by atoms with Crippen molar-refractivity contribution in [3.63, 3.8) is 0 Å². The molecule has 2 N–H and O–H groups in total. The highest BCUT2D eigenvalue weighted by molar-refractivity contribution is 6.76. The Balaban J connectivity index is 3.17. The maximum Gasteiger partial charge on any atom is 0.272 e. The Morgan fingerprint density at radius 1 is 1.57 bits per heavy atom. The first-order valence-corrected chi connectivity index (χ1v) is 8.57. The predicted octanol–water partition coefficient (Wildman–Crippen LogP) is 2.74. The molecule has 4 atom stereocenters. The third-order valence-corrected chi connectivity index (χ3v) is 4.80. The zero-order valence-electron chi connectivity index (χ0n) is 13.5. The monoisotopic (exact) mass is 384 g/mol. The number of alkyl halides is 3. The summed E-state index contributed by atoms with van der Waals surface area (Å²) in [4.78, 5) is 24.0. The molecule has 0 unspecified atom stereocenters. The molecule has 0 bridgehead atoms. The van der Waals surface area contributed by atoms with Crippen LogP contribution in [0.2, 0.25) is 0 Å². The first kappa shape index (κ1) is 20.6. The Morgan fingerprint density at radius 2 is 2.17 bits per heavy atom. The quantitative estimate of drug-likeness (QED) is 0.523. The zero-order chi connectivity index (χ0) is 17.8. The molecule has 0 spiro atoms. The maximum atomic E-state index is 12.2. The maximum absolute atomic E-state index is 12.2. The second-order valence-corrected chi connectivity index (χ2v) is 8.19. The number of carbonyl (C=O) groups excluding carboxylic acids is 2. The molecule has 23 heavy (non-hydrogen) atoms. The van der Waals surface area contributed by atoms with Gasteiger partial charge in [0.2, 0.25) is 5.91 Å². The van der Waals surface area contributed by atoms with Crippen LogP contribution in [0.15, 0.2) is 12.7 Å². The second-order valence-electron chi connectivity index (χ2n) is 5.91. The molecule has 2 amide bonds. The molecule has 1 aliphatic rings. The van der Waals surface area contributed by atoms with Gasteiger partial charge in [-0.15, -0.1) is 6.58 Å². The van der Waals surface area contributed by atoms with E-state index in [1.54, 1.807) is 13.2 Å². The van der Waals surface area contributed by atoms with E-state index in [0.29, 0.717) is 12.8 Å². The van der Waals surface area contributed by atoms with Crippen LogP contribution in [-0.4, -0.2) is 40.4 Å². The molecular weight excluding hydrogens is 363 g/mol. The van der Waals surface area contributed by atoms with Crippen LogP contribution in [0.5, 0.6) is 0 Å². The fourth-order valence-electron chi connectivity index (χ4n) is 2.98. The standard InChI is InChI=1S/C15H23Cl3N2O3/c1-5-7-14(3,23-4)12(20-13(22)15(16,17)18)11-9(6-2)8-10(21)19-11/h6,9,11-12H,2,5,7-8H2,1,3-4H3,(H,19,21)(H,20,22)/t9-,11+,12+,14-/m0/s1.